The molecule has 0 spiro atoms. The summed E-state index contributed by atoms with van der Waals surface area (Å²) >= 11 is 0. The van der Waals surface area contributed by atoms with Crippen molar-refractivity contribution < 1.29 is 13.2 Å². The van der Waals surface area contributed by atoms with Crippen molar-refractivity contribution in [3.63, 3.8) is 0 Å². The molecule has 4 rings (SSSR count). The summed E-state index contributed by atoms with van der Waals surface area (Å²) in [7, 11) is -3.24. The first-order chi connectivity index (χ1) is 18.3. The minimum absolute atomic E-state index is 0. The standard InChI is InChI=1S/C32H40N2O3S.ClH/c1-4-34(32(35)24-26-15-17-30(18-16-26)38(3,36)37)29-19-21-33(22-20-29)25(2)23-31(27-11-7-5-8-12-27)28-13-9-6-10-14-28;/h5-18,25,29,31H,4,19-24H2,1-3H3;1H. The van der Waals surface area contributed by atoms with E-state index in [0.29, 0.717) is 24.9 Å². The van der Waals surface area contributed by atoms with Crippen molar-refractivity contribution in [3.8, 4) is 0 Å². The van der Waals surface area contributed by atoms with Gasteiger partial charge in [0.05, 0.1) is 11.3 Å². The van der Waals surface area contributed by atoms with Crippen molar-refractivity contribution >= 4 is 28.2 Å². The van der Waals surface area contributed by atoms with Gasteiger partial charge in [-0.05, 0) is 61.9 Å². The molecule has 3 aromatic carbocycles. The van der Waals surface area contributed by atoms with Crippen LogP contribution in [-0.2, 0) is 21.1 Å². The first-order valence-corrected chi connectivity index (χ1v) is 15.6. The highest BCUT2D eigenvalue weighted by atomic mass is 35.5. The van der Waals surface area contributed by atoms with Crippen molar-refractivity contribution in [2.45, 2.75) is 62.4 Å². The summed E-state index contributed by atoms with van der Waals surface area (Å²) in [6.07, 6.45) is 4.49. The van der Waals surface area contributed by atoms with Crippen LogP contribution in [0.3, 0.4) is 0 Å². The van der Waals surface area contributed by atoms with Gasteiger partial charge in [0.15, 0.2) is 9.84 Å². The van der Waals surface area contributed by atoms with Crippen LogP contribution < -0.4 is 0 Å². The van der Waals surface area contributed by atoms with Crippen LogP contribution in [0.1, 0.15) is 55.7 Å². The topological polar surface area (TPSA) is 57.7 Å². The zero-order valence-electron chi connectivity index (χ0n) is 23.2. The molecule has 1 atom stereocenters. The SMILES string of the molecule is CCN(C(=O)Cc1ccc(S(C)(=O)=O)cc1)C1CCN(C(C)CC(c2ccccc2)c2ccccc2)CC1.Cl. The summed E-state index contributed by atoms with van der Waals surface area (Å²) in [6, 6.07) is 28.9. The number of likely N-dealkylation sites (N-methyl/N-ethyl adjacent to an activating group) is 1. The van der Waals surface area contributed by atoms with Crippen LogP contribution in [-0.4, -0.2) is 62.1 Å². The molecule has 1 fully saturated rings. The van der Waals surface area contributed by atoms with E-state index >= 15 is 0 Å². The number of hydrogen-bond donors (Lipinski definition) is 0. The summed E-state index contributed by atoms with van der Waals surface area (Å²) < 4.78 is 23.5. The molecule has 0 radical (unpaired) electrons. The van der Waals surface area contributed by atoms with Crippen LogP contribution in [0.25, 0.3) is 0 Å². The molecule has 1 aliphatic rings. The van der Waals surface area contributed by atoms with Crippen LogP contribution in [0.4, 0.5) is 0 Å². The van der Waals surface area contributed by atoms with E-state index in [2.05, 4.69) is 72.5 Å². The minimum atomic E-state index is -3.24. The van der Waals surface area contributed by atoms with E-state index < -0.39 is 9.84 Å². The van der Waals surface area contributed by atoms with Crippen molar-refractivity contribution in [2.75, 3.05) is 25.9 Å². The maximum Gasteiger partial charge on any atom is 0.227 e. The minimum Gasteiger partial charge on any atom is -0.340 e. The van der Waals surface area contributed by atoms with Crippen LogP contribution in [0.2, 0.25) is 0 Å². The number of likely N-dealkylation sites (tertiary alicyclic amines) is 1. The van der Waals surface area contributed by atoms with E-state index in [1.807, 2.05) is 11.8 Å². The monoisotopic (exact) mass is 568 g/mol. The highest BCUT2D eigenvalue weighted by Crippen LogP contribution is 2.31. The zero-order valence-corrected chi connectivity index (χ0v) is 24.8. The van der Waals surface area contributed by atoms with Crippen molar-refractivity contribution in [1.82, 2.24) is 9.80 Å². The highest BCUT2D eigenvalue weighted by Gasteiger charge is 2.30. The molecule has 1 saturated heterocycles. The maximum absolute atomic E-state index is 13.2. The predicted molar refractivity (Wildman–Crippen MR) is 161 cm³/mol. The Morgan fingerprint density at radius 2 is 1.41 bits per heavy atom. The summed E-state index contributed by atoms with van der Waals surface area (Å²) in [6.45, 7) is 7.03. The van der Waals surface area contributed by atoms with E-state index in [9.17, 15) is 13.2 Å². The molecule has 39 heavy (non-hydrogen) atoms. The summed E-state index contributed by atoms with van der Waals surface area (Å²) in [5.74, 6) is 0.465. The number of sulfone groups is 1. The molecule has 210 valence electrons. The van der Waals surface area contributed by atoms with Crippen LogP contribution in [0.15, 0.2) is 89.8 Å². The average Bonchev–Trinajstić information content (AvgIpc) is 2.93. The Labute approximate surface area is 240 Å². The molecule has 5 nitrogen and oxygen atoms in total. The quantitative estimate of drug-likeness (QED) is 0.302. The molecule has 0 aliphatic carbocycles. The maximum atomic E-state index is 13.2. The zero-order chi connectivity index (χ0) is 27.1. The van der Waals surface area contributed by atoms with Crippen molar-refractivity contribution in [2.24, 2.45) is 0 Å². The molecular formula is C32H41ClN2O3S. The fraction of sp³-hybridized carbons (Fsp3) is 0.406. The number of rotatable bonds is 10. The van der Waals surface area contributed by atoms with E-state index in [4.69, 9.17) is 0 Å². The molecule has 1 heterocycles. The van der Waals surface area contributed by atoms with Gasteiger partial charge >= 0.3 is 0 Å². The van der Waals surface area contributed by atoms with Gasteiger partial charge in [0.2, 0.25) is 5.91 Å². The highest BCUT2D eigenvalue weighted by molar-refractivity contribution is 7.90. The summed E-state index contributed by atoms with van der Waals surface area (Å²) in [5.41, 5.74) is 3.56. The molecule has 1 aliphatic heterocycles. The Balaban J connectivity index is 0.00000420. The number of amides is 1. The lowest BCUT2D eigenvalue weighted by Crippen LogP contribution is -2.49. The summed E-state index contributed by atoms with van der Waals surface area (Å²) in [5, 5.41) is 0. The largest absolute Gasteiger partial charge is 0.340 e. The third kappa shape index (κ3) is 8.17. The van der Waals surface area contributed by atoms with Crippen molar-refractivity contribution in [1.29, 1.82) is 0 Å². The lowest BCUT2D eigenvalue weighted by Gasteiger charge is -2.41. The van der Waals surface area contributed by atoms with Crippen LogP contribution >= 0.6 is 12.4 Å². The second-order valence-electron chi connectivity index (χ2n) is 10.5. The number of benzene rings is 3. The first kappa shape index (κ1) is 30.9. The smallest absolute Gasteiger partial charge is 0.227 e. The van der Waals surface area contributed by atoms with E-state index in [0.717, 1.165) is 37.9 Å². The third-order valence-corrected chi connectivity index (χ3v) is 9.04. The first-order valence-electron chi connectivity index (χ1n) is 13.7. The van der Waals surface area contributed by atoms with Gasteiger partial charge in [0.25, 0.3) is 0 Å². The van der Waals surface area contributed by atoms with Gasteiger partial charge in [-0.1, -0.05) is 72.8 Å². The Hall–Kier alpha value is -2.67. The number of piperidine rings is 1. The third-order valence-electron chi connectivity index (χ3n) is 7.91. The molecule has 7 heteroatoms. The van der Waals surface area contributed by atoms with Gasteiger partial charge in [-0.2, -0.15) is 0 Å². The molecular weight excluding hydrogens is 528 g/mol. The lowest BCUT2D eigenvalue weighted by molar-refractivity contribution is -0.133. The van der Waals surface area contributed by atoms with E-state index in [1.54, 1.807) is 24.3 Å². The number of carbonyl (C=O) groups excluding carboxylic acids is 1. The van der Waals surface area contributed by atoms with Crippen LogP contribution in [0, 0.1) is 0 Å². The Kier molecular flexibility index (Phi) is 11.2. The molecule has 0 aromatic heterocycles. The van der Waals surface area contributed by atoms with Gasteiger partial charge in [-0.15, -0.1) is 12.4 Å². The number of hydrogen-bond acceptors (Lipinski definition) is 4. The van der Waals surface area contributed by atoms with E-state index in [1.165, 1.54) is 17.4 Å². The Morgan fingerprint density at radius 3 is 1.87 bits per heavy atom. The van der Waals surface area contributed by atoms with Gasteiger partial charge in [0, 0.05) is 43.9 Å². The fourth-order valence-corrected chi connectivity index (χ4v) is 6.36. The Bertz CT molecular complexity index is 1240. The normalized spacial score (nSPS) is 15.5. The van der Waals surface area contributed by atoms with Gasteiger partial charge in [-0.25, -0.2) is 8.42 Å². The number of carbonyl (C=O) groups is 1. The molecule has 0 saturated carbocycles. The van der Waals surface area contributed by atoms with Crippen molar-refractivity contribution in [3.05, 3.63) is 102 Å². The molecule has 0 N–H and O–H groups in total. The molecule has 3 aromatic rings. The van der Waals surface area contributed by atoms with Gasteiger partial charge < -0.3 is 9.80 Å². The molecule has 1 amide bonds. The lowest BCUT2D eigenvalue weighted by atomic mass is 9.85. The van der Waals surface area contributed by atoms with Gasteiger partial charge in [0.1, 0.15) is 0 Å². The summed E-state index contributed by atoms with van der Waals surface area (Å²) in [4.78, 5) is 18.1. The second kappa shape index (κ2) is 14.1. The number of halogens is 1. The predicted octanol–water partition coefficient (Wildman–Crippen LogP) is 5.98. The fourth-order valence-electron chi connectivity index (χ4n) is 5.73. The number of nitrogens with zero attached hydrogens (tertiary/aromatic N) is 2. The second-order valence-corrected chi connectivity index (χ2v) is 12.5. The Morgan fingerprint density at radius 1 is 0.897 bits per heavy atom. The average molecular weight is 569 g/mol. The van der Waals surface area contributed by atoms with Crippen LogP contribution in [0.5, 0.6) is 0 Å². The van der Waals surface area contributed by atoms with Gasteiger partial charge in [-0.3, -0.25) is 4.79 Å². The molecule has 1 unspecified atom stereocenters. The van der Waals surface area contributed by atoms with E-state index in [-0.39, 0.29) is 29.3 Å². The molecule has 0 bridgehead atoms.